The van der Waals surface area contributed by atoms with Crippen LogP contribution in [0.5, 0.6) is 0 Å². The van der Waals surface area contributed by atoms with Gasteiger partial charge in [0.25, 0.3) is 0 Å². The van der Waals surface area contributed by atoms with E-state index in [2.05, 4.69) is 4.98 Å². The van der Waals surface area contributed by atoms with Gasteiger partial charge in [-0.05, 0) is 60.7 Å². The lowest BCUT2D eigenvalue weighted by molar-refractivity contribution is 0.0921. The fourth-order valence-electron chi connectivity index (χ4n) is 6.91. The van der Waals surface area contributed by atoms with Gasteiger partial charge >= 0.3 is 12.2 Å². The molecule has 7 rings (SSSR count). The third-order valence-electron chi connectivity index (χ3n) is 9.06. The molecular formula is C34H32F3N5O4. The van der Waals surface area contributed by atoms with Gasteiger partial charge < -0.3 is 29.2 Å². The zero-order valence-electron chi connectivity index (χ0n) is 24.8. The Kier molecular flexibility index (Phi) is 7.79. The molecule has 0 aliphatic carbocycles. The predicted octanol–water partition coefficient (Wildman–Crippen LogP) is 6.90. The fourth-order valence-corrected chi connectivity index (χ4v) is 6.91. The Balaban J connectivity index is 1.28. The Morgan fingerprint density at radius 3 is 2.59 bits per heavy atom. The van der Waals surface area contributed by atoms with Crippen LogP contribution in [-0.4, -0.2) is 73.0 Å². The lowest BCUT2D eigenvalue weighted by Gasteiger charge is -2.25. The fraction of sp³-hybridized carbons (Fsp3) is 0.324. The number of aromatic nitrogens is 3. The number of fused-ring (bicyclic) bond motifs is 2. The van der Waals surface area contributed by atoms with Crippen LogP contribution in [0.2, 0.25) is 0 Å². The van der Waals surface area contributed by atoms with Crippen molar-refractivity contribution >= 4 is 34.1 Å². The van der Waals surface area contributed by atoms with Gasteiger partial charge in [-0.15, -0.1) is 0 Å². The van der Waals surface area contributed by atoms with Crippen molar-refractivity contribution in [2.75, 3.05) is 13.1 Å². The van der Waals surface area contributed by atoms with E-state index in [0.29, 0.717) is 41.0 Å². The van der Waals surface area contributed by atoms with Gasteiger partial charge in [0.15, 0.2) is 5.82 Å². The number of hydrogen-bond acceptors (Lipinski definition) is 4. The first-order valence-corrected chi connectivity index (χ1v) is 15.3. The van der Waals surface area contributed by atoms with Crippen LogP contribution < -0.4 is 0 Å². The molecule has 3 aromatic carbocycles. The Labute approximate surface area is 262 Å². The van der Waals surface area contributed by atoms with Crippen molar-refractivity contribution in [3.63, 3.8) is 0 Å². The summed E-state index contributed by atoms with van der Waals surface area (Å²) in [4.78, 5) is 36.1. The van der Waals surface area contributed by atoms with E-state index in [1.54, 1.807) is 21.6 Å². The number of ether oxygens (including phenoxy) is 1. The summed E-state index contributed by atoms with van der Waals surface area (Å²) in [7, 11) is 0. The molecule has 2 aliphatic rings. The Morgan fingerprint density at radius 1 is 1.00 bits per heavy atom. The molecule has 0 radical (unpaired) electrons. The largest absolute Gasteiger partial charge is 0.465 e. The number of hydrogen-bond donors (Lipinski definition) is 2. The van der Waals surface area contributed by atoms with Gasteiger partial charge in [-0.3, -0.25) is 0 Å². The minimum atomic E-state index is -1.31. The number of likely N-dealkylation sites (tertiary alicyclic amines) is 2. The van der Waals surface area contributed by atoms with Gasteiger partial charge in [0.2, 0.25) is 0 Å². The molecule has 2 aromatic heterocycles. The average Bonchev–Trinajstić information content (AvgIpc) is 3.81. The summed E-state index contributed by atoms with van der Waals surface area (Å²) >= 11 is 0. The zero-order chi connectivity index (χ0) is 31.9. The first-order chi connectivity index (χ1) is 22.2. The summed E-state index contributed by atoms with van der Waals surface area (Å²) in [6.45, 7) is 0.523. The van der Waals surface area contributed by atoms with E-state index in [9.17, 15) is 27.9 Å². The van der Waals surface area contributed by atoms with Crippen molar-refractivity contribution < 1.29 is 32.6 Å². The van der Waals surface area contributed by atoms with Crippen molar-refractivity contribution in [3.8, 4) is 11.5 Å². The maximum Gasteiger partial charge on any atom is 0.410 e. The minimum Gasteiger partial charge on any atom is -0.465 e. The molecule has 0 spiro atoms. The van der Waals surface area contributed by atoms with E-state index < -0.39 is 36.0 Å². The third kappa shape index (κ3) is 5.63. The Bertz CT molecular complexity index is 1930. The first kappa shape index (κ1) is 29.7. The molecule has 46 heavy (non-hydrogen) atoms. The molecule has 0 saturated carbocycles. The number of amides is 2. The first-order valence-electron chi connectivity index (χ1n) is 15.3. The van der Waals surface area contributed by atoms with Crippen molar-refractivity contribution in [2.24, 2.45) is 0 Å². The summed E-state index contributed by atoms with van der Waals surface area (Å²) in [6, 6.07) is 17.1. The van der Waals surface area contributed by atoms with Crippen LogP contribution in [0.3, 0.4) is 0 Å². The standard InChI is InChI=1S/C34H32F3N5O4/c35-21-8-10-26-27(16-24-7-4-12-40(24)34(45)46-19-20-5-2-1-3-6-20)31(38-28(26)14-21)32-39-29-15-22(36)9-11-30(29)42(32)18-25-13-23(37)17-41(25)33(43)44/h1-3,5-6,8-11,14-15,23-25,38H,4,7,12-13,16-19H2,(H,43,44)/t23-,24?,25-/m0/s1. The number of benzene rings is 3. The SMILES string of the molecule is O=C(OCc1ccccc1)N1CCCC1Cc1c(-c2nc3cc(F)ccc3n2C[C@@H]2C[C@H](F)CN2C(=O)O)[nH]c2cc(F)ccc12. The number of imidazole rings is 1. The summed E-state index contributed by atoms with van der Waals surface area (Å²) in [5, 5.41) is 10.5. The van der Waals surface area contributed by atoms with Gasteiger partial charge in [-0.1, -0.05) is 30.3 Å². The highest BCUT2D eigenvalue weighted by Crippen LogP contribution is 2.37. The average molecular weight is 632 g/mol. The molecule has 4 heterocycles. The van der Waals surface area contributed by atoms with Gasteiger partial charge in [-0.2, -0.15) is 0 Å². The van der Waals surface area contributed by atoms with Crippen LogP contribution in [0.25, 0.3) is 33.5 Å². The molecule has 2 aliphatic heterocycles. The van der Waals surface area contributed by atoms with Gasteiger partial charge in [-0.25, -0.2) is 27.7 Å². The van der Waals surface area contributed by atoms with Crippen molar-refractivity contribution in [3.05, 3.63) is 89.5 Å². The van der Waals surface area contributed by atoms with E-state index in [-0.39, 0.29) is 32.2 Å². The normalized spacial score (nSPS) is 19.8. The van der Waals surface area contributed by atoms with E-state index in [1.807, 2.05) is 30.3 Å². The highest BCUT2D eigenvalue weighted by Gasteiger charge is 2.37. The highest BCUT2D eigenvalue weighted by atomic mass is 19.1. The number of alkyl halides is 1. The second kappa shape index (κ2) is 12.1. The third-order valence-corrected chi connectivity index (χ3v) is 9.06. The second-order valence-electron chi connectivity index (χ2n) is 12.0. The highest BCUT2D eigenvalue weighted by molar-refractivity contribution is 5.92. The van der Waals surface area contributed by atoms with Crippen molar-refractivity contribution in [1.82, 2.24) is 24.3 Å². The topological polar surface area (TPSA) is 104 Å². The van der Waals surface area contributed by atoms with Crippen LogP contribution in [0, 0.1) is 11.6 Å². The Hall–Kier alpha value is -5.00. The Morgan fingerprint density at radius 2 is 1.78 bits per heavy atom. The van der Waals surface area contributed by atoms with Gasteiger partial charge in [0.05, 0.1) is 29.3 Å². The summed E-state index contributed by atoms with van der Waals surface area (Å²) in [6.07, 6.45) is -1.02. The summed E-state index contributed by atoms with van der Waals surface area (Å²) in [5.74, 6) is -0.544. The van der Waals surface area contributed by atoms with E-state index in [1.165, 1.54) is 24.3 Å². The molecule has 238 valence electrons. The molecule has 2 N–H and O–H groups in total. The summed E-state index contributed by atoms with van der Waals surface area (Å²) in [5.41, 5.74) is 3.61. The molecular weight excluding hydrogens is 599 g/mol. The number of nitrogens with zero attached hydrogens (tertiary/aromatic N) is 4. The molecule has 3 atom stereocenters. The van der Waals surface area contributed by atoms with Crippen LogP contribution in [0.1, 0.15) is 30.4 Å². The van der Waals surface area contributed by atoms with Crippen LogP contribution in [-0.2, 0) is 24.3 Å². The smallest absolute Gasteiger partial charge is 0.410 e. The number of halogens is 3. The van der Waals surface area contributed by atoms with Crippen LogP contribution in [0.15, 0.2) is 66.7 Å². The van der Waals surface area contributed by atoms with E-state index in [0.717, 1.165) is 34.3 Å². The lowest BCUT2D eigenvalue weighted by atomic mass is 10.00. The van der Waals surface area contributed by atoms with Gasteiger partial charge in [0.1, 0.15) is 24.4 Å². The predicted molar refractivity (Wildman–Crippen MR) is 165 cm³/mol. The second-order valence-corrected chi connectivity index (χ2v) is 12.0. The monoisotopic (exact) mass is 631 g/mol. The zero-order valence-corrected chi connectivity index (χ0v) is 24.8. The number of H-pyrrole nitrogens is 1. The molecule has 5 aromatic rings. The number of carbonyl (C=O) groups excluding carboxylic acids is 1. The number of carboxylic acid groups (broad SMARTS) is 1. The molecule has 1 unspecified atom stereocenters. The van der Waals surface area contributed by atoms with Crippen LogP contribution in [0.4, 0.5) is 22.8 Å². The lowest BCUT2D eigenvalue weighted by Crippen LogP contribution is -2.37. The molecule has 2 amide bonds. The molecule has 12 heteroatoms. The van der Waals surface area contributed by atoms with E-state index in [4.69, 9.17) is 9.72 Å². The van der Waals surface area contributed by atoms with E-state index >= 15 is 0 Å². The number of aromatic amines is 1. The minimum absolute atomic E-state index is 0.0134. The summed E-state index contributed by atoms with van der Waals surface area (Å²) < 4.78 is 50.7. The molecule has 0 bridgehead atoms. The van der Waals surface area contributed by atoms with Gasteiger partial charge in [0, 0.05) is 42.5 Å². The molecule has 9 nitrogen and oxygen atoms in total. The van der Waals surface area contributed by atoms with Crippen molar-refractivity contribution in [2.45, 2.75) is 57.1 Å². The molecule has 2 saturated heterocycles. The van der Waals surface area contributed by atoms with Crippen LogP contribution >= 0.6 is 0 Å². The number of carbonyl (C=O) groups is 2. The maximum absolute atomic E-state index is 14.5. The number of nitrogens with one attached hydrogen (secondary N) is 1. The van der Waals surface area contributed by atoms with Crippen molar-refractivity contribution in [1.29, 1.82) is 0 Å². The quantitative estimate of drug-likeness (QED) is 0.204. The maximum atomic E-state index is 14.5. The molecule has 2 fully saturated rings. The number of rotatable bonds is 7.